The number of nitrogens with two attached hydrogens (primary N) is 2. The number of anilines is 1. The lowest BCUT2D eigenvalue weighted by Gasteiger charge is -2.30. The lowest BCUT2D eigenvalue weighted by atomic mass is 9.73. The Morgan fingerprint density at radius 1 is 0.958 bits per heavy atom. The van der Waals surface area contributed by atoms with Crippen LogP contribution in [0.3, 0.4) is 0 Å². The Hall–Kier alpha value is -1.80. The van der Waals surface area contributed by atoms with E-state index >= 15 is 0 Å². The van der Waals surface area contributed by atoms with E-state index in [1.165, 1.54) is 38.9 Å². The van der Waals surface area contributed by atoms with Crippen LogP contribution in [0, 0.1) is 20.8 Å². The highest BCUT2D eigenvalue weighted by Crippen LogP contribution is 2.55. The molecule has 128 valence electrons. The third-order valence-electron chi connectivity index (χ3n) is 6.02. The normalized spacial score (nSPS) is 21.8. The fraction of sp³-hybridized carbons (Fsp3) is 0.455. The fourth-order valence-electron chi connectivity index (χ4n) is 5.09. The molecule has 1 aliphatic carbocycles. The topological polar surface area (TPSA) is 52.0 Å². The molecule has 0 heterocycles. The molecule has 0 amide bonds. The minimum absolute atomic E-state index is 0.0132. The molecule has 0 bridgehead atoms. The molecule has 2 aromatic rings. The van der Waals surface area contributed by atoms with Gasteiger partial charge in [0.15, 0.2) is 0 Å². The van der Waals surface area contributed by atoms with Gasteiger partial charge in [-0.15, -0.1) is 0 Å². The van der Waals surface area contributed by atoms with Crippen LogP contribution < -0.4 is 11.5 Å². The molecular formula is C22H30N2. The van der Waals surface area contributed by atoms with Crippen LogP contribution in [0.2, 0.25) is 0 Å². The number of hydrogen-bond donors (Lipinski definition) is 2. The van der Waals surface area contributed by atoms with Crippen LogP contribution in [0.25, 0.3) is 0 Å². The van der Waals surface area contributed by atoms with Gasteiger partial charge in [-0.25, -0.2) is 0 Å². The molecular weight excluding hydrogens is 292 g/mol. The average Bonchev–Trinajstić information content (AvgIpc) is 2.71. The lowest BCUT2D eigenvalue weighted by molar-refractivity contribution is 0.423. The maximum Gasteiger partial charge on any atom is 0.0376 e. The highest BCUT2D eigenvalue weighted by molar-refractivity contribution is 5.66. The minimum atomic E-state index is 0.0132. The Kier molecular flexibility index (Phi) is 3.80. The largest absolute Gasteiger partial charge is 0.398 e. The van der Waals surface area contributed by atoms with Crippen LogP contribution in [0.1, 0.15) is 66.1 Å². The first-order valence-electron chi connectivity index (χ1n) is 8.82. The molecule has 0 saturated heterocycles. The van der Waals surface area contributed by atoms with Crippen LogP contribution in [0.5, 0.6) is 0 Å². The van der Waals surface area contributed by atoms with Crippen molar-refractivity contribution >= 4 is 5.69 Å². The first kappa shape index (κ1) is 17.0. The van der Waals surface area contributed by atoms with Crippen molar-refractivity contribution in [1.82, 2.24) is 0 Å². The summed E-state index contributed by atoms with van der Waals surface area (Å²) >= 11 is 0. The van der Waals surface area contributed by atoms with Gasteiger partial charge in [-0.2, -0.15) is 0 Å². The molecule has 0 aromatic heterocycles. The molecule has 24 heavy (non-hydrogen) atoms. The zero-order valence-corrected chi connectivity index (χ0v) is 15.9. The average molecular weight is 322 g/mol. The van der Waals surface area contributed by atoms with E-state index in [9.17, 15) is 0 Å². The molecule has 2 nitrogen and oxygen atoms in total. The smallest absolute Gasteiger partial charge is 0.0376 e. The molecule has 1 unspecified atom stereocenters. The Bertz CT molecular complexity index is 817. The molecule has 3 rings (SSSR count). The lowest BCUT2D eigenvalue weighted by Crippen LogP contribution is -2.24. The minimum Gasteiger partial charge on any atom is -0.398 e. The fourth-order valence-corrected chi connectivity index (χ4v) is 5.09. The van der Waals surface area contributed by atoms with Crippen molar-refractivity contribution in [2.24, 2.45) is 5.73 Å². The number of hydrogen-bond acceptors (Lipinski definition) is 2. The Morgan fingerprint density at radius 2 is 1.62 bits per heavy atom. The molecule has 1 aliphatic rings. The van der Waals surface area contributed by atoms with E-state index in [1.54, 1.807) is 0 Å². The van der Waals surface area contributed by atoms with Crippen molar-refractivity contribution < 1.29 is 0 Å². The summed E-state index contributed by atoms with van der Waals surface area (Å²) in [6.07, 6.45) is 1.10. The van der Waals surface area contributed by atoms with Gasteiger partial charge in [0, 0.05) is 17.6 Å². The van der Waals surface area contributed by atoms with Crippen LogP contribution in [-0.4, -0.2) is 0 Å². The van der Waals surface area contributed by atoms with E-state index in [0.29, 0.717) is 6.54 Å². The number of aryl methyl sites for hydroxylation is 2. The van der Waals surface area contributed by atoms with E-state index in [0.717, 1.165) is 12.1 Å². The zero-order valence-electron chi connectivity index (χ0n) is 15.9. The summed E-state index contributed by atoms with van der Waals surface area (Å²) in [5.74, 6) is 0. The van der Waals surface area contributed by atoms with Gasteiger partial charge in [-0.1, -0.05) is 45.0 Å². The highest BCUT2D eigenvalue weighted by Gasteiger charge is 2.47. The van der Waals surface area contributed by atoms with Crippen molar-refractivity contribution in [3.05, 3.63) is 63.2 Å². The van der Waals surface area contributed by atoms with Crippen molar-refractivity contribution in [2.75, 3.05) is 5.73 Å². The van der Waals surface area contributed by atoms with Gasteiger partial charge >= 0.3 is 0 Å². The van der Waals surface area contributed by atoms with E-state index in [4.69, 9.17) is 11.5 Å². The van der Waals surface area contributed by atoms with Crippen molar-refractivity contribution in [3.63, 3.8) is 0 Å². The molecule has 0 aliphatic heterocycles. The summed E-state index contributed by atoms with van der Waals surface area (Å²) in [5.41, 5.74) is 22.5. The summed E-state index contributed by atoms with van der Waals surface area (Å²) < 4.78 is 0. The molecule has 2 heteroatoms. The number of nitrogen functional groups attached to an aromatic ring is 1. The van der Waals surface area contributed by atoms with Gasteiger partial charge in [0.1, 0.15) is 0 Å². The molecule has 0 fully saturated rings. The molecule has 0 spiro atoms. The van der Waals surface area contributed by atoms with Crippen molar-refractivity contribution in [1.29, 1.82) is 0 Å². The predicted octanol–water partition coefficient (Wildman–Crippen LogP) is 4.64. The second kappa shape index (κ2) is 5.35. The standard InChI is InChI=1S/C22H30N2/c1-13-9-16(11-23)7-8-17(13)22(6)12-21(4,5)19-15(3)20(24)14(2)10-18(19)22/h7-10H,11-12,23-24H2,1-6H3. The van der Waals surface area contributed by atoms with Gasteiger partial charge in [0.05, 0.1) is 0 Å². The quantitative estimate of drug-likeness (QED) is 0.791. The summed E-state index contributed by atoms with van der Waals surface area (Å²) in [7, 11) is 0. The molecule has 4 N–H and O–H groups in total. The predicted molar refractivity (Wildman–Crippen MR) is 103 cm³/mol. The second-order valence-electron chi connectivity index (χ2n) is 8.40. The van der Waals surface area contributed by atoms with Crippen molar-refractivity contribution in [3.8, 4) is 0 Å². The number of rotatable bonds is 2. The Morgan fingerprint density at radius 3 is 2.21 bits per heavy atom. The van der Waals surface area contributed by atoms with Gasteiger partial charge in [0.25, 0.3) is 0 Å². The molecule has 2 aromatic carbocycles. The Balaban J connectivity index is 2.29. The van der Waals surface area contributed by atoms with Crippen LogP contribution in [0.4, 0.5) is 5.69 Å². The summed E-state index contributed by atoms with van der Waals surface area (Å²) in [4.78, 5) is 0. The van der Waals surface area contributed by atoms with Crippen LogP contribution in [0.15, 0.2) is 24.3 Å². The monoisotopic (exact) mass is 322 g/mol. The summed E-state index contributed by atoms with van der Waals surface area (Å²) in [5, 5.41) is 0. The highest BCUT2D eigenvalue weighted by atomic mass is 14.6. The van der Waals surface area contributed by atoms with Gasteiger partial charge in [0.2, 0.25) is 0 Å². The number of fused-ring (bicyclic) bond motifs is 1. The SMILES string of the molecule is Cc1cc(CN)ccc1C1(C)CC(C)(C)c2c1cc(C)c(N)c2C. The molecule has 1 atom stereocenters. The Labute approximate surface area is 146 Å². The number of benzene rings is 2. The third-order valence-corrected chi connectivity index (χ3v) is 6.02. The maximum atomic E-state index is 6.36. The van der Waals surface area contributed by atoms with Crippen molar-refractivity contribution in [2.45, 2.75) is 65.3 Å². The molecule has 0 radical (unpaired) electrons. The van der Waals surface area contributed by atoms with Gasteiger partial charge < -0.3 is 11.5 Å². The summed E-state index contributed by atoms with van der Waals surface area (Å²) in [6.45, 7) is 14.2. The van der Waals surface area contributed by atoms with E-state index in [1.807, 2.05) is 0 Å². The molecule has 0 saturated carbocycles. The van der Waals surface area contributed by atoms with Gasteiger partial charge in [-0.05, 0) is 71.6 Å². The first-order chi connectivity index (χ1) is 11.1. The van der Waals surface area contributed by atoms with E-state index < -0.39 is 0 Å². The summed E-state index contributed by atoms with van der Waals surface area (Å²) in [6, 6.07) is 9.02. The van der Waals surface area contributed by atoms with Crippen LogP contribution in [-0.2, 0) is 17.4 Å². The van der Waals surface area contributed by atoms with E-state index in [-0.39, 0.29) is 10.8 Å². The van der Waals surface area contributed by atoms with Gasteiger partial charge in [-0.3, -0.25) is 0 Å². The van der Waals surface area contributed by atoms with Crippen LogP contribution >= 0.6 is 0 Å². The third kappa shape index (κ3) is 2.28. The second-order valence-corrected chi connectivity index (χ2v) is 8.40. The van der Waals surface area contributed by atoms with E-state index in [2.05, 4.69) is 65.8 Å². The maximum absolute atomic E-state index is 6.36. The zero-order chi connectivity index (χ0) is 17.9. The first-order valence-corrected chi connectivity index (χ1v) is 8.82.